The topological polar surface area (TPSA) is 60.9 Å². The van der Waals surface area contributed by atoms with E-state index in [-0.39, 0.29) is 52.8 Å². The molecule has 10 heteroatoms. The van der Waals surface area contributed by atoms with E-state index in [0.717, 1.165) is 32.1 Å². The highest BCUT2D eigenvalue weighted by Crippen LogP contribution is 2.40. The number of anilines is 4. The molecule has 0 unspecified atom stereocenters. The SMILES string of the molecule is CC(C)N1C(=O)COc2c(F)cc(-c3cc(Nc4ccc(N5CCC(N(C)C)CC5)c(F)c4)ncc3F)cc21. The average molecular weight is 540 g/mol. The third-order valence-corrected chi connectivity index (χ3v) is 7.33. The van der Waals surface area contributed by atoms with E-state index in [1.165, 1.54) is 29.2 Å². The van der Waals surface area contributed by atoms with Crippen molar-refractivity contribution in [3.8, 4) is 16.9 Å². The highest BCUT2D eigenvalue weighted by atomic mass is 19.1. The van der Waals surface area contributed by atoms with Gasteiger partial charge in [-0.1, -0.05) is 0 Å². The molecule has 3 heterocycles. The summed E-state index contributed by atoms with van der Waals surface area (Å²) in [5, 5.41) is 3.02. The van der Waals surface area contributed by atoms with Crippen molar-refractivity contribution in [1.29, 1.82) is 0 Å². The fourth-order valence-electron chi connectivity index (χ4n) is 5.30. The van der Waals surface area contributed by atoms with Crippen molar-refractivity contribution >= 4 is 28.8 Å². The Bertz CT molecular complexity index is 1390. The molecule has 5 rings (SSSR count). The first-order valence-electron chi connectivity index (χ1n) is 13.0. The smallest absolute Gasteiger partial charge is 0.265 e. The number of nitrogens with zero attached hydrogens (tertiary/aromatic N) is 4. The lowest BCUT2D eigenvalue weighted by molar-refractivity contribution is -0.121. The van der Waals surface area contributed by atoms with Crippen molar-refractivity contribution < 1.29 is 22.7 Å². The van der Waals surface area contributed by atoms with Gasteiger partial charge in [0.1, 0.15) is 17.5 Å². The van der Waals surface area contributed by atoms with Gasteiger partial charge in [0.05, 0.1) is 17.6 Å². The zero-order valence-electron chi connectivity index (χ0n) is 22.5. The lowest BCUT2D eigenvalue weighted by atomic mass is 10.0. The summed E-state index contributed by atoms with van der Waals surface area (Å²) in [6, 6.07) is 9.26. The maximum Gasteiger partial charge on any atom is 0.265 e. The average Bonchev–Trinajstić information content (AvgIpc) is 2.89. The highest BCUT2D eigenvalue weighted by Gasteiger charge is 2.31. The summed E-state index contributed by atoms with van der Waals surface area (Å²) >= 11 is 0. The van der Waals surface area contributed by atoms with Crippen LogP contribution in [0.2, 0.25) is 0 Å². The summed E-state index contributed by atoms with van der Waals surface area (Å²) in [7, 11) is 4.13. The van der Waals surface area contributed by atoms with Gasteiger partial charge in [0.15, 0.2) is 18.2 Å². The van der Waals surface area contributed by atoms with Gasteiger partial charge in [0, 0.05) is 36.4 Å². The summed E-state index contributed by atoms with van der Waals surface area (Å²) in [6.45, 7) is 4.91. The standard InChI is InChI=1S/C29H32F3N5O2/c1-17(2)37-26-12-18(11-23(31)29(26)39-16-28(37)38)21-14-27(33-15-24(21)32)34-19-5-6-25(22(30)13-19)36-9-7-20(8-10-36)35(3)4/h5-6,11-15,17,20H,7-10,16H2,1-4H3,(H,33,34). The Morgan fingerprint density at radius 3 is 2.41 bits per heavy atom. The molecule has 1 fully saturated rings. The summed E-state index contributed by atoms with van der Waals surface area (Å²) in [5.74, 6) is -1.81. The number of aromatic nitrogens is 1. The number of halogens is 3. The third-order valence-electron chi connectivity index (χ3n) is 7.33. The number of rotatable bonds is 6. The normalized spacial score (nSPS) is 16.1. The first-order chi connectivity index (χ1) is 18.6. The molecule has 39 heavy (non-hydrogen) atoms. The zero-order valence-corrected chi connectivity index (χ0v) is 22.5. The Morgan fingerprint density at radius 2 is 1.74 bits per heavy atom. The largest absolute Gasteiger partial charge is 0.478 e. The molecular weight excluding hydrogens is 507 g/mol. The number of nitrogens with one attached hydrogen (secondary N) is 1. The predicted octanol–water partition coefficient (Wildman–Crippen LogP) is 5.57. The van der Waals surface area contributed by atoms with Crippen LogP contribution in [0.1, 0.15) is 26.7 Å². The number of fused-ring (bicyclic) bond motifs is 1. The Balaban J connectivity index is 1.39. The van der Waals surface area contributed by atoms with E-state index in [1.54, 1.807) is 12.1 Å². The molecule has 206 valence electrons. The fourth-order valence-corrected chi connectivity index (χ4v) is 5.30. The first kappa shape index (κ1) is 26.8. The number of ether oxygens (including phenoxy) is 1. The Labute approximate surface area is 226 Å². The van der Waals surface area contributed by atoms with E-state index in [9.17, 15) is 13.6 Å². The van der Waals surface area contributed by atoms with E-state index in [1.807, 2.05) is 18.7 Å². The van der Waals surface area contributed by atoms with E-state index in [4.69, 9.17) is 4.74 Å². The number of hydrogen-bond acceptors (Lipinski definition) is 6. The van der Waals surface area contributed by atoms with Gasteiger partial charge in [-0.2, -0.15) is 0 Å². The van der Waals surface area contributed by atoms with Gasteiger partial charge in [-0.15, -0.1) is 0 Å². The molecule has 0 bridgehead atoms. The Morgan fingerprint density at radius 1 is 1.00 bits per heavy atom. The molecule has 1 N–H and O–H groups in total. The van der Waals surface area contributed by atoms with Crippen molar-refractivity contribution in [1.82, 2.24) is 9.88 Å². The number of pyridine rings is 1. The van der Waals surface area contributed by atoms with E-state index in [0.29, 0.717) is 17.4 Å². The van der Waals surface area contributed by atoms with Crippen LogP contribution in [0.3, 0.4) is 0 Å². The molecule has 2 aliphatic heterocycles. The van der Waals surface area contributed by atoms with Gasteiger partial charge in [0.2, 0.25) is 0 Å². The van der Waals surface area contributed by atoms with Crippen molar-refractivity contribution in [2.75, 3.05) is 48.9 Å². The first-order valence-corrected chi connectivity index (χ1v) is 13.0. The second-order valence-electron chi connectivity index (χ2n) is 10.5. The molecule has 0 radical (unpaired) electrons. The number of carbonyl (C=O) groups is 1. The second kappa shape index (κ2) is 10.8. The van der Waals surface area contributed by atoms with Crippen molar-refractivity contribution in [2.24, 2.45) is 0 Å². The van der Waals surface area contributed by atoms with Crippen LogP contribution in [0.4, 0.5) is 36.1 Å². The minimum atomic E-state index is -0.696. The molecule has 3 aromatic rings. The van der Waals surface area contributed by atoms with E-state index < -0.39 is 11.6 Å². The molecule has 1 saturated heterocycles. The van der Waals surface area contributed by atoms with Crippen LogP contribution >= 0.6 is 0 Å². The summed E-state index contributed by atoms with van der Waals surface area (Å²) in [5.41, 5.74) is 1.54. The van der Waals surface area contributed by atoms with Crippen molar-refractivity contribution in [3.05, 3.63) is 60.0 Å². The Kier molecular flexibility index (Phi) is 7.40. The minimum Gasteiger partial charge on any atom is -0.478 e. The van der Waals surface area contributed by atoms with Crippen LogP contribution in [0.25, 0.3) is 11.1 Å². The quantitative estimate of drug-likeness (QED) is 0.442. The molecule has 2 aromatic carbocycles. The molecule has 2 aliphatic rings. The van der Waals surface area contributed by atoms with Crippen molar-refractivity contribution in [3.63, 3.8) is 0 Å². The summed E-state index contributed by atoms with van der Waals surface area (Å²) in [6.07, 6.45) is 2.96. The molecule has 1 aromatic heterocycles. The van der Waals surface area contributed by atoms with Gasteiger partial charge in [-0.25, -0.2) is 18.2 Å². The molecule has 1 amide bonds. The van der Waals surface area contributed by atoms with Crippen LogP contribution in [0, 0.1) is 17.5 Å². The summed E-state index contributed by atoms with van der Waals surface area (Å²) < 4.78 is 50.3. The van der Waals surface area contributed by atoms with E-state index >= 15 is 4.39 Å². The van der Waals surface area contributed by atoms with Gasteiger partial charge in [-0.3, -0.25) is 4.79 Å². The van der Waals surface area contributed by atoms with Crippen LogP contribution in [0.15, 0.2) is 42.6 Å². The van der Waals surface area contributed by atoms with Gasteiger partial charge in [0.25, 0.3) is 5.91 Å². The molecule has 0 atom stereocenters. The number of benzene rings is 2. The monoisotopic (exact) mass is 539 g/mol. The predicted molar refractivity (Wildman–Crippen MR) is 146 cm³/mol. The van der Waals surface area contributed by atoms with Crippen molar-refractivity contribution in [2.45, 2.75) is 38.8 Å². The van der Waals surface area contributed by atoms with Crippen LogP contribution in [-0.4, -0.2) is 61.7 Å². The molecule has 0 spiro atoms. The van der Waals surface area contributed by atoms with Gasteiger partial charge < -0.3 is 24.8 Å². The lowest BCUT2D eigenvalue weighted by Gasteiger charge is -2.36. The molecular formula is C29H32F3N5O2. The maximum atomic E-state index is 15.1. The Hall–Kier alpha value is -3.79. The molecule has 0 saturated carbocycles. The number of amides is 1. The van der Waals surface area contributed by atoms with Crippen LogP contribution in [-0.2, 0) is 4.79 Å². The second-order valence-corrected chi connectivity index (χ2v) is 10.5. The third kappa shape index (κ3) is 5.38. The molecule has 7 nitrogen and oxygen atoms in total. The lowest BCUT2D eigenvalue weighted by Crippen LogP contribution is -2.43. The minimum absolute atomic E-state index is 0.0404. The highest BCUT2D eigenvalue weighted by molar-refractivity contribution is 5.99. The zero-order chi connectivity index (χ0) is 27.8. The summed E-state index contributed by atoms with van der Waals surface area (Å²) in [4.78, 5) is 22.2. The van der Waals surface area contributed by atoms with Gasteiger partial charge >= 0.3 is 0 Å². The van der Waals surface area contributed by atoms with Crippen LogP contribution in [0.5, 0.6) is 5.75 Å². The van der Waals surface area contributed by atoms with Gasteiger partial charge in [-0.05, 0) is 82.7 Å². The van der Waals surface area contributed by atoms with Crippen LogP contribution < -0.4 is 19.9 Å². The fraction of sp³-hybridized carbons (Fsp3) is 0.379. The number of carbonyl (C=O) groups excluding carboxylic acids is 1. The van der Waals surface area contributed by atoms with E-state index in [2.05, 4.69) is 29.3 Å². The maximum absolute atomic E-state index is 15.1. The number of piperidine rings is 1. The number of hydrogen-bond donors (Lipinski definition) is 1. The molecule has 0 aliphatic carbocycles.